The zero-order valence-electron chi connectivity index (χ0n) is 13.9. The summed E-state index contributed by atoms with van der Waals surface area (Å²) in [6.07, 6.45) is -6.13. The number of alkyl halides is 3. The molecule has 1 N–H and O–H groups in total. The van der Waals surface area contributed by atoms with Crippen molar-refractivity contribution < 1.29 is 27.5 Å². The highest BCUT2D eigenvalue weighted by Crippen LogP contribution is 2.25. The molecule has 0 saturated carbocycles. The Kier molecular flexibility index (Phi) is 6.81. The van der Waals surface area contributed by atoms with Crippen molar-refractivity contribution in [2.24, 2.45) is 0 Å². The van der Waals surface area contributed by atoms with Crippen molar-refractivity contribution in [2.75, 3.05) is 0 Å². The second-order valence-corrected chi connectivity index (χ2v) is 6.42. The number of ketones is 1. The first-order chi connectivity index (χ1) is 11.0. The molecule has 1 atom stereocenters. The van der Waals surface area contributed by atoms with Gasteiger partial charge in [-0.15, -0.1) is 0 Å². The molecule has 0 unspecified atom stereocenters. The molecule has 134 valence electrons. The number of benzene rings is 1. The lowest BCUT2D eigenvalue weighted by atomic mass is 10.0. The molecular weight excluding hydrogens is 323 g/mol. The highest BCUT2D eigenvalue weighted by molar-refractivity contribution is 5.95. The number of carbonyl (C=O) groups is 2. The lowest BCUT2D eigenvalue weighted by Gasteiger charge is -2.25. The topological polar surface area (TPSA) is 55.4 Å². The van der Waals surface area contributed by atoms with E-state index in [-0.39, 0.29) is 25.0 Å². The number of rotatable bonds is 6. The molecule has 0 saturated heterocycles. The van der Waals surface area contributed by atoms with E-state index in [2.05, 4.69) is 0 Å². The Morgan fingerprint density at radius 3 is 2.21 bits per heavy atom. The minimum absolute atomic E-state index is 0.00764. The first-order valence-electron chi connectivity index (χ1n) is 7.63. The molecule has 24 heavy (non-hydrogen) atoms. The van der Waals surface area contributed by atoms with Gasteiger partial charge in [0.05, 0.1) is 0 Å². The summed E-state index contributed by atoms with van der Waals surface area (Å²) in [5.74, 6) is -0.228. The fourth-order valence-corrected chi connectivity index (χ4v) is 2.00. The second-order valence-electron chi connectivity index (χ2n) is 6.42. The molecule has 0 heterocycles. The Balaban J connectivity index is 2.55. The van der Waals surface area contributed by atoms with E-state index in [4.69, 9.17) is 4.74 Å². The fraction of sp³-hybridized carbons (Fsp3) is 0.529. The van der Waals surface area contributed by atoms with Crippen molar-refractivity contribution in [3.8, 4) is 0 Å². The summed E-state index contributed by atoms with van der Waals surface area (Å²) in [6, 6.07) is 6.31. The van der Waals surface area contributed by atoms with Gasteiger partial charge in [-0.2, -0.15) is 13.2 Å². The molecule has 7 heteroatoms. The molecule has 1 rings (SSSR count). The SMILES string of the molecule is CC(C)(C)OC(=O)N[C@H](CCCC(=O)c1ccccc1)C(F)(F)F. The summed E-state index contributed by atoms with van der Waals surface area (Å²) >= 11 is 0. The highest BCUT2D eigenvalue weighted by atomic mass is 19.4. The van der Waals surface area contributed by atoms with E-state index in [1.807, 2.05) is 5.32 Å². The minimum atomic E-state index is -4.60. The van der Waals surface area contributed by atoms with Gasteiger partial charge >= 0.3 is 12.3 Å². The van der Waals surface area contributed by atoms with Crippen LogP contribution in [-0.4, -0.2) is 29.7 Å². The molecule has 0 aliphatic rings. The van der Waals surface area contributed by atoms with Gasteiger partial charge < -0.3 is 10.1 Å². The monoisotopic (exact) mass is 345 g/mol. The van der Waals surface area contributed by atoms with Crippen molar-refractivity contribution in [3.63, 3.8) is 0 Å². The molecule has 1 amide bonds. The molecule has 1 aromatic carbocycles. The van der Waals surface area contributed by atoms with E-state index >= 15 is 0 Å². The van der Waals surface area contributed by atoms with E-state index in [1.165, 1.54) is 0 Å². The molecule has 0 aliphatic heterocycles. The Labute approximate surface area is 139 Å². The van der Waals surface area contributed by atoms with Crippen molar-refractivity contribution in [3.05, 3.63) is 35.9 Å². The number of amides is 1. The molecule has 0 radical (unpaired) electrons. The molecule has 0 aliphatic carbocycles. The third kappa shape index (κ3) is 7.48. The van der Waals surface area contributed by atoms with Crippen molar-refractivity contribution >= 4 is 11.9 Å². The molecule has 1 aromatic rings. The maximum Gasteiger partial charge on any atom is 0.408 e. The minimum Gasteiger partial charge on any atom is -0.444 e. The standard InChI is InChI=1S/C17H22F3NO3/c1-16(2,3)24-15(23)21-14(17(18,19)20)11-7-10-13(22)12-8-5-4-6-9-12/h4-6,8-9,14H,7,10-11H2,1-3H3,(H,21,23)/t14-/m1/s1. The van der Waals surface area contributed by atoms with E-state index < -0.39 is 23.9 Å². The largest absolute Gasteiger partial charge is 0.444 e. The fourth-order valence-electron chi connectivity index (χ4n) is 2.00. The lowest BCUT2D eigenvalue weighted by Crippen LogP contribution is -2.47. The van der Waals surface area contributed by atoms with E-state index in [0.717, 1.165) is 0 Å². The maximum atomic E-state index is 13.0. The number of ether oxygens (including phenoxy) is 1. The third-order valence-corrected chi connectivity index (χ3v) is 3.08. The van der Waals surface area contributed by atoms with Crippen LogP contribution in [0, 0.1) is 0 Å². The second kappa shape index (κ2) is 8.17. The Morgan fingerprint density at radius 1 is 1.12 bits per heavy atom. The number of carbonyl (C=O) groups excluding carboxylic acids is 2. The Morgan fingerprint density at radius 2 is 1.71 bits per heavy atom. The van der Waals surface area contributed by atoms with Crippen LogP contribution in [0.4, 0.5) is 18.0 Å². The van der Waals surface area contributed by atoms with Gasteiger partial charge in [-0.3, -0.25) is 4.79 Å². The first-order valence-corrected chi connectivity index (χ1v) is 7.63. The average Bonchev–Trinajstić information content (AvgIpc) is 2.44. The van der Waals surface area contributed by atoms with Crippen LogP contribution in [-0.2, 0) is 4.74 Å². The van der Waals surface area contributed by atoms with Gasteiger partial charge in [-0.1, -0.05) is 30.3 Å². The molecule has 0 spiro atoms. The predicted molar refractivity (Wildman–Crippen MR) is 83.8 cm³/mol. The van der Waals surface area contributed by atoms with Crippen LogP contribution >= 0.6 is 0 Å². The van der Waals surface area contributed by atoms with Crippen LogP contribution in [0.15, 0.2) is 30.3 Å². The van der Waals surface area contributed by atoms with E-state index in [1.54, 1.807) is 51.1 Å². The van der Waals surface area contributed by atoms with E-state index in [9.17, 15) is 22.8 Å². The van der Waals surface area contributed by atoms with Gasteiger partial charge in [0.25, 0.3) is 0 Å². The Bertz CT molecular complexity index is 550. The van der Waals surface area contributed by atoms with Crippen molar-refractivity contribution in [1.29, 1.82) is 0 Å². The molecular formula is C17H22F3NO3. The lowest BCUT2D eigenvalue weighted by molar-refractivity contribution is -0.156. The summed E-state index contributed by atoms with van der Waals surface area (Å²) in [6.45, 7) is 4.69. The Hall–Kier alpha value is -2.05. The van der Waals surface area contributed by atoms with Gasteiger partial charge in [0, 0.05) is 12.0 Å². The molecule has 0 fully saturated rings. The van der Waals surface area contributed by atoms with Crippen LogP contribution in [0.25, 0.3) is 0 Å². The van der Waals surface area contributed by atoms with Gasteiger partial charge in [0.2, 0.25) is 0 Å². The first kappa shape index (κ1) is 20.0. The normalized spacial score (nSPS) is 13.2. The van der Waals surface area contributed by atoms with Crippen LogP contribution < -0.4 is 5.32 Å². The maximum absolute atomic E-state index is 13.0. The van der Waals surface area contributed by atoms with Gasteiger partial charge in [0.1, 0.15) is 11.6 Å². The van der Waals surface area contributed by atoms with Gasteiger partial charge in [0.15, 0.2) is 5.78 Å². The van der Waals surface area contributed by atoms with Gasteiger partial charge in [-0.25, -0.2) is 4.79 Å². The number of hydrogen-bond donors (Lipinski definition) is 1. The summed E-state index contributed by atoms with van der Waals surface area (Å²) in [5, 5.41) is 1.83. The highest BCUT2D eigenvalue weighted by Gasteiger charge is 2.41. The zero-order valence-corrected chi connectivity index (χ0v) is 13.9. The number of alkyl carbamates (subject to hydrolysis) is 1. The quantitative estimate of drug-likeness (QED) is 0.773. The van der Waals surface area contributed by atoms with Crippen LogP contribution in [0.5, 0.6) is 0 Å². The molecule has 0 bridgehead atoms. The number of halogens is 3. The number of hydrogen-bond acceptors (Lipinski definition) is 3. The number of Topliss-reactive ketones (excluding diaryl/α,β-unsaturated/α-hetero) is 1. The van der Waals surface area contributed by atoms with Crippen LogP contribution in [0.1, 0.15) is 50.4 Å². The average molecular weight is 345 g/mol. The van der Waals surface area contributed by atoms with Crippen LogP contribution in [0.2, 0.25) is 0 Å². The van der Waals surface area contributed by atoms with E-state index in [0.29, 0.717) is 5.56 Å². The molecule has 4 nitrogen and oxygen atoms in total. The zero-order chi connectivity index (χ0) is 18.4. The summed E-state index contributed by atoms with van der Waals surface area (Å²) < 4.78 is 43.9. The number of nitrogens with one attached hydrogen (secondary N) is 1. The van der Waals surface area contributed by atoms with Crippen LogP contribution in [0.3, 0.4) is 0 Å². The summed E-state index contributed by atoms with van der Waals surface area (Å²) in [4.78, 5) is 23.4. The summed E-state index contributed by atoms with van der Waals surface area (Å²) in [5.41, 5.74) is -0.426. The van der Waals surface area contributed by atoms with Crippen molar-refractivity contribution in [1.82, 2.24) is 5.32 Å². The third-order valence-electron chi connectivity index (χ3n) is 3.08. The smallest absolute Gasteiger partial charge is 0.408 e. The van der Waals surface area contributed by atoms with Crippen molar-refractivity contribution in [2.45, 2.75) is 57.9 Å². The predicted octanol–water partition coefficient (Wildman–Crippen LogP) is 4.50. The molecule has 0 aromatic heterocycles. The summed E-state index contributed by atoms with van der Waals surface area (Å²) in [7, 11) is 0. The van der Waals surface area contributed by atoms with Gasteiger partial charge in [-0.05, 0) is 33.6 Å².